The van der Waals surface area contributed by atoms with Crippen molar-refractivity contribution < 1.29 is 39.2 Å². The molecule has 0 bridgehead atoms. The van der Waals surface area contributed by atoms with Crippen molar-refractivity contribution in [2.45, 2.75) is 90.3 Å². The third-order valence-electron chi connectivity index (χ3n) is 8.50. The van der Waals surface area contributed by atoms with Crippen LogP contribution in [0.2, 0.25) is 0 Å². The normalized spacial score (nSPS) is 14.6. The Labute approximate surface area is 307 Å². The lowest BCUT2D eigenvalue weighted by molar-refractivity contribution is -0.275. The molecule has 284 valence electrons. The van der Waals surface area contributed by atoms with Gasteiger partial charge in [0, 0.05) is 18.6 Å². The number of carbonyl (C=O) groups excluding carboxylic acids is 3. The monoisotopic (exact) mass is 719 g/mol. The SMILES string of the molecule is CC(C)(C)[C@H](NC(=O)OCCOc1ccccc1)C(=O)N[C@@H](Cc1ccccc1)[C@H](O)CNC[C@@H](O)[C@H](Cc1ccccc1)N(C(=O)[O-])C(C)(C)C. The first-order valence-corrected chi connectivity index (χ1v) is 17.6. The number of aliphatic hydroxyl groups is 2. The van der Waals surface area contributed by atoms with Crippen molar-refractivity contribution in [3.05, 3.63) is 102 Å². The molecule has 0 saturated carbocycles. The van der Waals surface area contributed by atoms with Gasteiger partial charge in [0.25, 0.3) is 0 Å². The summed E-state index contributed by atoms with van der Waals surface area (Å²) in [5, 5.41) is 43.8. The number of hydrogen-bond acceptors (Lipinski definition) is 9. The summed E-state index contributed by atoms with van der Waals surface area (Å²) >= 11 is 0. The van der Waals surface area contributed by atoms with Crippen LogP contribution in [0, 0.1) is 5.41 Å². The van der Waals surface area contributed by atoms with Gasteiger partial charge in [0.05, 0.1) is 24.3 Å². The lowest BCUT2D eigenvalue weighted by Gasteiger charge is -2.45. The number of benzene rings is 3. The van der Waals surface area contributed by atoms with E-state index in [4.69, 9.17) is 9.47 Å². The number of alkyl carbamates (subject to hydrolysis) is 1. The van der Waals surface area contributed by atoms with Gasteiger partial charge >= 0.3 is 6.09 Å². The van der Waals surface area contributed by atoms with Gasteiger partial charge in [-0.25, -0.2) is 4.79 Å². The summed E-state index contributed by atoms with van der Waals surface area (Å²) in [6, 6.07) is 25.1. The van der Waals surface area contributed by atoms with Crippen molar-refractivity contribution in [2.24, 2.45) is 5.41 Å². The Bertz CT molecular complexity index is 1510. The molecule has 52 heavy (non-hydrogen) atoms. The number of aliphatic hydroxyl groups excluding tert-OH is 2. The van der Waals surface area contributed by atoms with Crippen molar-refractivity contribution in [1.82, 2.24) is 20.9 Å². The highest BCUT2D eigenvalue weighted by atomic mass is 16.6. The Morgan fingerprint density at radius 2 is 1.25 bits per heavy atom. The Balaban J connectivity index is 1.68. The average molecular weight is 720 g/mol. The van der Waals surface area contributed by atoms with Gasteiger partial charge in [0.15, 0.2) is 0 Å². The van der Waals surface area contributed by atoms with Gasteiger partial charge in [-0.3, -0.25) is 4.79 Å². The van der Waals surface area contributed by atoms with Gasteiger partial charge in [-0.05, 0) is 62.3 Å². The topological polar surface area (TPSA) is 173 Å². The Morgan fingerprint density at radius 1 is 0.731 bits per heavy atom. The van der Waals surface area contributed by atoms with Crippen molar-refractivity contribution in [1.29, 1.82) is 0 Å². The van der Waals surface area contributed by atoms with Gasteiger partial charge in [0.2, 0.25) is 5.91 Å². The number of hydrogen-bond donors (Lipinski definition) is 5. The molecule has 5 N–H and O–H groups in total. The van der Waals surface area contributed by atoms with E-state index < -0.39 is 59.4 Å². The smallest absolute Gasteiger partial charge is 0.407 e. The molecule has 3 aromatic rings. The first kappa shape index (κ1) is 41.8. The van der Waals surface area contributed by atoms with Crippen LogP contribution in [0.3, 0.4) is 0 Å². The number of ether oxygens (including phenoxy) is 2. The summed E-state index contributed by atoms with van der Waals surface area (Å²) < 4.78 is 10.9. The van der Waals surface area contributed by atoms with Gasteiger partial charge in [-0.15, -0.1) is 0 Å². The molecular formula is C40H55N4O8-. The minimum Gasteiger partial charge on any atom is -0.530 e. The predicted octanol–water partition coefficient (Wildman–Crippen LogP) is 3.30. The molecule has 0 aromatic heterocycles. The third kappa shape index (κ3) is 13.8. The molecule has 12 nitrogen and oxygen atoms in total. The number of amides is 3. The molecule has 0 spiro atoms. The quantitative estimate of drug-likeness (QED) is 0.124. The molecule has 0 unspecified atom stereocenters. The predicted molar refractivity (Wildman–Crippen MR) is 198 cm³/mol. The second-order valence-electron chi connectivity index (χ2n) is 14.9. The zero-order valence-electron chi connectivity index (χ0n) is 31.1. The standard InChI is InChI=1S/C40H56N4O8/c1-39(2,3)35(43-37(48)52-23-22-51-30-20-14-9-15-21-30)36(47)42-31(24-28-16-10-7-11-17-28)33(45)26-41-27-34(46)32(25-29-18-12-8-13-19-29)44(38(49)50)40(4,5)6/h7-21,31-35,41,45-46H,22-27H2,1-6H3,(H,42,47)(H,43,48)(H,49,50)/p-1/t31-,32-,33+,34+,35+/m0/s1. The molecule has 0 saturated heterocycles. The van der Waals surface area contributed by atoms with E-state index in [1.165, 1.54) is 0 Å². The lowest BCUT2D eigenvalue weighted by Crippen LogP contribution is -2.62. The Hall–Kier alpha value is -4.65. The number of carbonyl (C=O) groups is 3. The highest BCUT2D eigenvalue weighted by molar-refractivity contribution is 5.86. The van der Waals surface area contributed by atoms with Gasteiger partial charge in [0.1, 0.15) is 31.1 Å². The molecule has 0 aliphatic heterocycles. The second kappa shape index (κ2) is 19.8. The van der Waals surface area contributed by atoms with Crippen LogP contribution >= 0.6 is 0 Å². The van der Waals surface area contributed by atoms with E-state index in [9.17, 15) is 29.7 Å². The van der Waals surface area contributed by atoms with Crippen LogP contribution in [-0.4, -0.2) is 95.4 Å². The highest BCUT2D eigenvalue weighted by Crippen LogP contribution is 2.23. The molecule has 3 rings (SSSR count). The first-order valence-electron chi connectivity index (χ1n) is 17.6. The summed E-state index contributed by atoms with van der Waals surface area (Å²) in [5.41, 5.74) is 0.130. The molecule has 0 fully saturated rings. The van der Waals surface area contributed by atoms with Crippen LogP contribution in [0.5, 0.6) is 5.75 Å². The fourth-order valence-corrected chi connectivity index (χ4v) is 5.88. The maximum Gasteiger partial charge on any atom is 0.407 e. The zero-order valence-corrected chi connectivity index (χ0v) is 31.1. The summed E-state index contributed by atoms with van der Waals surface area (Å²) in [6.45, 7) is 10.6. The molecule has 0 heterocycles. The maximum atomic E-state index is 13.8. The van der Waals surface area contributed by atoms with Crippen LogP contribution < -0.4 is 25.8 Å². The fraction of sp³-hybridized carbons (Fsp3) is 0.475. The van der Waals surface area contributed by atoms with E-state index >= 15 is 0 Å². The molecule has 12 heteroatoms. The average Bonchev–Trinajstić information content (AvgIpc) is 3.08. The molecule has 3 aromatic carbocycles. The van der Waals surface area contributed by atoms with E-state index in [0.717, 1.165) is 16.0 Å². The third-order valence-corrected chi connectivity index (χ3v) is 8.50. The minimum atomic E-state index is -1.40. The first-order chi connectivity index (χ1) is 24.6. The molecule has 0 aliphatic carbocycles. The summed E-state index contributed by atoms with van der Waals surface area (Å²) in [4.78, 5) is 40.0. The number of carboxylic acid groups (broad SMARTS) is 1. The van der Waals surface area contributed by atoms with Crippen LogP contribution in [0.1, 0.15) is 52.7 Å². The van der Waals surface area contributed by atoms with E-state index in [1.54, 1.807) is 53.7 Å². The van der Waals surface area contributed by atoms with Crippen LogP contribution in [0.15, 0.2) is 91.0 Å². The minimum absolute atomic E-state index is 0.0330. The second-order valence-corrected chi connectivity index (χ2v) is 14.9. The Kier molecular flexibility index (Phi) is 15.9. The van der Waals surface area contributed by atoms with Crippen molar-refractivity contribution in [3.8, 4) is 5.75 Å². The number of nitrogens with one attached hydrogen (secondary N) is 3. The number of para-hydroxylation sites is 1. The summed E-state index contributed by atoms with van der Waals surface area (Å²) in [7, 11) is 0. The van der Waals surface area contributed by atoms with Crippen molar-refractivity contribution in [2.75, 3.05) is 26.3 Å². The fourth-order valence-electron chi connectivity index (χ4n) is 5.88. The van der Waals surface area contributed by atoms with Crippen molar-refractivity contribution >= 4 is 18.1 Å². The Morgan fingerprint density at radius 3 is 1.77 bits per heavy atom. The molecule has 3 amide bonds. The molecular weight excluding hydrogens is 664 g/mol. The number of rotatable bonds is 18. The highest BCUT2D eigenvalue weighted by Gasteiger charge is 2.36. The van der Waals surface area contributed by atoms with Crippen molar-refractivity contribution in [3.63, 3.8) is 0 Å². The largest absolute Gasteiger partial charge is 0.530 e. The molecule has 5 atom stereocenters. The van der Waals surface area contributed by atoms with Gasteiger partial charge in [-0.1, -0.05) is 99.6 Å². The van der Waals surface area contributed by atoms with E-state index in [-0.39, 0.29) is 39.1 Å². The van der Waals surface area contributed by atoms with Crippen LogP contribution in [0.25, 0.3) is 0 Å². The van der Waals surface area contributed by atoms with Crippen LogP contribution in [0.4, 0.5) is 9.59 Å². The summed E-state index contributed by atoms with van der Waals surface area (Å²) in [5.74, 6) is 0.129. The molecule has 0 aliphatic rings. The van der Waals surface area contributed by atoms with E-state index in [0.29, 0.717) is 5.75 Å². The molecule has 0 radical (unpaired) electrons. The van der Waals surface area contributed by atoms with Gasteiger partial charge < -0.3 is 50.4 Å². The number of nitrogens with zero attached hydrogens (tertiary/aromatic N) is 1. The maximum absolute atomic E-state index is 13.8. The summed E-state index contributed by atoms with van der Waals surface area (Å²) in [6.07, 6.45) is -3.96. The lowest BCUT2D eigenvalue weighted by atomic mass is 9.85. The van der Waals surface area contributed by atoms with E-state index in [1.807, 2.05) is 78.9 Å². The van der Waals surface area contributed by atoms with E-state index in [2.05, 4.69) is 16.0 Å². The zero-order chi connectivity index (χ0) is 38.3. The van der Waals surface area contributed by atoms with Crippen LogP contribution in [-0.2, 0) is 22.4 Å². The van der Waals surface area contributed by atoms with Gasteiger partial charge in [-0.2, -0.15) is 0 Å².